The molecule has 1 aromatic rings. The average molecular weight is 316 g/mol. The van der Waals surface area contributed by atoms with E-state index >= 15 is 0 Å². The molecule has 0 aromatic heterocycles. The number of carbonyl (C=O) groups excluding carboxylic acids is 1. The molecule has 1 amide bonds. The summed E-state index contributed by atoms with van der Waals surface area (Å²) < 4.78 is 26.2. The molecule has 0 heterocycles. The Labute approximate surface area is 121 Å². The number of benzene rings is 1. The zero-order valence-corrected chi connectivity index (χ0v) is 12.3. The van der Waals surface area contributed by atoms with Crippen LogP contribution in [-0.2, 0) is 19.6 Å². The quantitative estimate of drug-likeness (QED) is 0.568. The van der Waals surface area contributed by atoms with Crippen molar-refractivity contribution in [3.05, 3.63) is 23.8 Å². The number of sulfonamides is 1. The Morgan fingerprint density at radius 2 is 1.95 bits per heavy atom. The number of nitrogens with one attached hydrogen (secondary N) is 2. The monoisotopic (exact) mass is 316 g/mol. The maximum atomic E-state index is 12.2. The van der Waals surface area contributed by atoms with E-state index < -0.39 is 28.6 Å². The van der Waals surface area contributed by atoms with Crippen LogP contribution in [-0.4, -0.2) is 43.2 Å². The van der Waals surface area contributed by atoms with Gasteiger partial charge < -0.3 is 15.5 Å². The molecule has 0 spiro atoms. The van der Waals surface area contributed by atoms with Crippen molar-refractivity contribution in [1.29, 1.82) is 0 Å². The Balaban J connectivity index is 3.18. The zero-order chi connectivity index (χ0) is 16.2. The van der Waals surface area contributed by atoms with Crippen molar-refractivity contribution in [1.82, 2.24) is 4.72 Å². The Bertz CT molecular complexity index is 656. The van der Waals surface area contributed by atoms with E-state index in [0.29, 0.717) is 5.56 Å². The molecule has 21 heavy (non-hydrogen) atoms. The summed E-state index contributed by atoms with van der Waals surface area (Å²) in [7, 11) is -4.15. The second kappa shape index (κ2) is 6.66. The first-order valence-corrected chi connectivity index (χ1v) is 7.40. The van der Waals surface area contributed by atoms with Crippen molar-refractivity contribution in [2.24, 2.45) is 0 Å². The smallest absolute Gasteiger partial charge is 0.324 e. The Hall–Kier alpha value is -1.97. The number of carbonyl (C=O) groups is 2. The lowest BCUT2D eigenvalue weighted by Crippen LogP contribution is -2.43. The lowest BCUT2D eigenvalue weighted by atomic mass is 10.2. The van der Waals surface area contributed by atoms with Crippen LogP contribution in [0.5, 0.6) is 0 Å². The summed E-state index contributed by atoms with van der Waals surface area (Å²) in [6.07, 6.45) is 0. The molecular formula is C12H16N2O6S. The van der Waals surface area contributed by atoms with E-state index in [1.54, 1.807) is 0 Å². The van der Waals surface area contributed by atoms with Crippen molar-refractivity contribution in [2.45, 2.75) is 24.8 Å². The molecule has 0 saturated carbocycles. The van der Waals surface area contributed by atoms with Gasteiger partial charge in [0, 0.05) is 12.6 Å². The molecule has 0 aliphatic carbocycles. The van der Waals surface area contributed by atoms with E-state index in [-0.39, 0.29) is 16.5 Å². The molecule has 0 unspecified atom stereocenters. The summed E-state index contributed by atoms with van der Waals surface area (Å²) in [5.74, 6) is -1.86. The van der Waals surface area contributed by atoms with E-state index in [0.717, 1.165) is 0 Å². The van der Waals surface area contributed by atoms with Crippen molar-refractivity contribution >= 4 is 27.6 Å². The number of hydrogen-bond acceptors (Lipinski definition) is 5. The first-order chi connectivity index (χ1) is 9.67. The van der Waals surface area contributed by atoms with Crippen molar-refractivity contribution in [3.8, 4) is 0 Å². The minimum Gasteiger partial charge on any atom is -0.480 e. The molecule has 116 valence electrons. The second-order valence-electron chi connectivity index (χ2n) is 4.36. The summed E-state index contributed by atoms with van der Waals surface area (Å²) in [5, 5.41) is 20.1. The minimum atomic E-state index is -4.15. The fourth-order valence-electron chi connectivity index (χ4n) is 1.59. The van der Waals surface area contributed by atoms with Gasteiger partial charge in [-0.3, -0.25) is 9.59 Å². The molecule has 1 rings (SSSR count). The molecule has 0 radical (unpaired) electrons. The van der Waals surface area contributed by atoms with Crippen LogP contribution in [0.3, 0.4) is 0 Å². The Kier molecular flexibility index (Phi) is 5.41. The van der Waals surface area contributed by atoms with Gasteiger partial charge in [0.25, 0.3) is 0 Å². The number of hydrogen-bond donors (Lipinski definition) is 4. The highest BCUT2D eigenvalue weighted by Gasteiger charge is 2.26. The molecule has 1 aromatic carbocycles. The van der Waals surface area contributed by atoms with E-state index in [4.69, 9.17) is 10.2 Å². The van der Waals surface area contributed by atoms with Gasteiger partial charge >= 0.3 is 5.97 Å². The van der Waals surface area contributed by atoms with Gasteiger partial charge in [0.15, 0.2) is 0 Å². The van der Waals surface area contributed by atoms with Crippen LogP contribution < -0.4 is 10.0 Å². The van der Waals surface area contributed by atoms with Crippen LogP contribution in [0.2, 0.25) is 0 Å². The summed E-state index contributed by atoms with van der Waals surface area (Å²) in [6, 6.07) is 2.58. The number of rotatable bonds is 6. The predicted molar refractivity (Wildman–Crippen MR) is 74.3 cm³/mol. The first-order valence-electron chi connectivity index (χ1n) is 5.91. The van der Waals surface area contributed by atoms with E-state index in [1.165, 1.54) is 32.0 Å². The molecule has 0 aliphatic heterocycles. The number of carboxylic acids is 1. The highest BCUT2D eigenvalue weighted by molar-refractivity contribution is 7.89. The lowest BCUT2D eigenvalue weighted by molar-refractivity contribution is -0.139. The van der Waals surface area contributed by atoms with Gasteiger partial charge in [0.05, 0.1) is 11.5 Å². The van der Waals surface area contributed by atoms with Gasteiger partial charge in [-0.05, 0) is 24.6 Å². The third-order valence-corrected chi connectivity index (χ3v) is 4.19. The van der Waals surface area contributed by atoms with Crippen LogP contribution in [0.1, 0.15) is 12.5 Å². The number of aliphatic carboxylic acids is 1. The van der Waals surface area contributed by atoms with Crippen LogP contribution in [0.25, 0.3) is 0 Å². The standard InChI is InChI=1S/C12H16N2O6S/c1-7-3-4-9(13-8(2)16)5-11(7)21(19,20)14-10(6-15)12(17)18/h3-5,10,14-15H,6H2,1-2H3,(H,13,16)(H,17,18)/t10-/m0/s1. The molecule has 0 saturated heterocycles. The van der Waals surface area contributed by atoms with E-state index in [1.807, 2.05) is 4.72 Å². The van der Waals surface area contributed by atoms with Crippen LogP contribution in [0.15, 0.2) is 23.1 Å². The second-order valence-corrected chi connectivity index (χ2v) is 6.04. The summed E-state index contributed by atoms with van der Waals surface area (Å²) in [5.41, 5.74) is 0.642. The van der Waals surface area contributed by atoms with E-state index in [2.05, 4.69) is 5.32 Å². The zero-order valence-electron chi connectivity index (χ0n) is 11.5. The number of amides is 1. The Morgan fingerprint density at radius 1 is 1.33 bits per heavy atom. The molecule has 0 fully saturated rings. The van der Waals surface area contributed by atoms with E-state index in [9.17, 15) is 18.0 Å². The summed E-state index contributed by atoms with van der Waals surface area (Å²) in [6.45, 7) is 1.93. The number of aryl methyl sites for hydroxylation is 1. The number of aliphatic hydroxyl groups excluding tert-OH is 1. The molecule has 8 nitrogen and oxygen atoms in total. The molecular weight excluding hydrogens is 300 g/mol. The van der Waals surface area contributed by atoms with Gasteiger partial charge in [-0.25, -0.2) is 8.42 Å². The highest BCUT2D eigenvalue weighted by Crippen LogP contribution is 2.20. The van der Waals surface area contributed by atoms with Crippen LogP contribution in [0, 0.1) is 6.92 Å². The topological polar surface area (TPSA) is 133 Å². The number of anilines is 1. The van der Waals surface area contributed by atoms with Gasteiger partial charge in [0.1, 0.15) is 6.04 Å². The number of aliphatic hydroxyl groups is 1. The Morgan fingerprint density at radius 3 is 2.43 bits per heavy atom. The van der Waals surface area contributed by atoms with Crippen molar-refractivity contribution in [3.63, 3.8) is 0 Å². The predicted octanol–water partition coefficient (Wildman–Crippen LogP) is -0.323. The highest BCUT2D eigenvalue weighted by atomic mass is 32.2. The maximum Gasteiger partial charge on any atom is 0.324 e. The van der Waals surface area contributed by atoms with Crippen LogP contribution in [0.4, 0.5) is 5.69 Å². The van der Waals surface area contributed by atoms with Gasteiger partial charge in [-0.2, -0.15) is 4.72 Å². The lowest BCUT2D eigenvalue weighted by Gasteiger charge is -2.14. The third kappa shape index (κ3) is 4.52. The minimum absolute atomic E-state index is 0.173. The number of carboxylic acid groups (broad SMARTS) is 1. The molecule has 4 N–H and O–H groups in total. The average Bonchev–Trinajstić information content (AvgIpc) is 2.37. The first kappa shape index (κ1) is 17.1. The SMILES string of the molecule is CC(=O)Nc1ccc(C)c(S(=O)(=O)N[C@@H](CO)C(=O)O)c1. The largest absolute Gasteiger partial charge is 0.480 e. The molecule has 1 atom stereocenters. The normalized spacial score (nSPS) is 12.7. The third-order valence-electron chi connectivity index (χ3n) is 2.58. The molecule has 9 heteroatoms. The summed E-state index contributed by atoms with van der Waals surface area (Å²) >= 11 is 0. The van der Waals surface area contributed by atoms with Gasteiger partial charge in [-0.15, -0.1) is 0 Å². The molecule has 0 bridgehead atoms. The summed E-state index contributed by atoms with van der Waals surface area (Å²) in [4.78, 5) is 21.6. The maximum absolute atomic E-state index is 12.2. The van der Waals surface area contributed by atoms with Crippen LogP contribution >= 0.6 is 0 Å². The fraction of sp³-hybridized carbons (Fsp3) is 0.333. The van der Waals surface area contributed by atoms with Crippen molar-refractivity contribution < 1.29 is 28.2 Å². The van der Waals surface area contributed by atoms with Gasteiger partial charge in [-0.1, -0.05) is 6.07 Å². The van der Waals surface area contributed by atoms with Gasteiger partial charge in [0.2, 0.25) is 15.9 Å². The van der Waals surface area contributed by atoms with Crippen molar-refractivity contribution in [2.75, 3.05) is 11.9 Å². The fourth-order valence-corrected chi connectivity index (χ4v) is 3.04. The molecule has 0 aliphatic rings.